The van der Waals surface area contributed by atoms with Gasteiger partial charge in [0.15, 0.2) is 5.12 Å². The van der Waals surface area contributed by atoms with Gasteiger partial charge in [0.05, 0.1) is 6.42 Å². The third-order valence-electron chi connectivity index (χ3n) is 2.16. The lowest BCUT2D eigenvalue weighted by Gasteiger charge is -1.99. The molecule has 0 aliphatic carbocycles. The fourth-order valence-electron chi connectivity index (χ4n) is 1.34. The van der Waals surface area contributed by atoms with Crippen LogP contribution in [0.15, 0.2) is 18.2 Å². The highest BCUT2D eigenvalue weighted by Crippen LogP contribution is 2.11. The quantitative estimate of drug-likeness (QED) is 0.680. The molecule has 0 aromatic heterocycles. The summed E-state index contributed by atoms with van der Waals surface area (Å²) in [6.07, 6.45) is 0.206. The summed E-state index contributed by atoms with van der Waals surface area (Å²) < 4.78 is 13.5. The smallest absolute Gasteiger partial charge is 0.307 e. The molecule has 19 heavy (non-hydrogen) atoms. The second kappa shape index (κ2) is 7.59. The minimum absolute atomic E-state index is 0.0471. The molecule has 0 aliphatic rings. The predicted octanol–water partition coefficient (Wildman–Crippen LogP) is 2.47. The zero-order valence-electron chi connectivity index (χ0n) is 10.4. The van der Waals surface area contributed by atoms with Crippen LogP contribution in [0.3, 0.4) is 0 Å². The Balaban J connectivity index is 2.61. The van der Waals surface area contributed by atoms with Gasteiger partial charge in [0.2, 0.25) is 0 Å². The zero-order valence-corrected chi connectivity index (χ0v) is 11.2. The van der Waals surface area contributed by atoms with E-state index in [0.717, 1.165) is 0 Å². The summed E-state index contributed by atoms with van der Waals surface area (Å²) >= 11 is 1.20. The summed E-state index contributed by atoms with van der Waals surface area (Å²) in [6, 6.07) is 4.24. The predicted molar refractivity (Wildman–Crippen MR) is 72.4 cm³/mol. The van der Waals surface area contributed by atoms with E-state index in [1.165, 1.54) is 30.8 Å². The van der Waals surface area contributed by atoms with Crippen molar-refractivity contribution < 1.29 is 19.1 Å². The normalized spacial score (nSPS) is 9.58. The highest BCUT2D eigenvalue weighted by atomic mass is 32.2. The van der Waals surface area contributed by atoms with Crippen molar-refractivity contribution in [2.24, 2.45) is 0 Å². The maximum Gasteiger partial charge on any atom is 0.307 e. The van der Waals surface area contributed by atoms with Gasteiger partial charge in [-0.25, -0.2) is 4.39 Å². The van der Waals surface area contributed by atoms with Crippen LogP contribution in [-0.4, -0.2) is 21.9 Å². The summed E-state index contributed by atoms with van der Waals surface area (Å²) in [4.78, 5) is 21.1. The Labute approximate surface area is 115 Å². The molecule has 1 aromatic carbocycles. The largest absolute Gasteiger partial charge is 0.481 e. The average Bonchev–Trinajstić information content (AvgIpc) is 2.31. The van der Waals surface area contributed by atoms with E-state index in [0.29, 0.717) is 17.7 Å². The van der Waals surface area contributed by atoms with E-state index in [-0.39, 0.29) is 17.1 Å². The monoisotopic (exact) mass is 280 g/mol. The first kappa shape index (κ1) is 15.3. The first-order valence-electron chi connectivity index (χ1n) is 5.61. The molecule has 3 nitrogen and oxygen atoms in total. The van der Waals surface area contributed by atoms with Crippen LogP contribution in [0.2, 0.25) is 0 Å². The Morgan fingerprint density at radius 3 is 2.74 bits per heavy atom. The number of hydrogen-bond acceptors (Lipinski definition) is 3. The van der Waals surface area contributed by atoms with Gasteiger partial charge in [0, 0.05) is 24.7 Å². The lowest BCUT2D eigenvalue weighted by Crippen LogP contribution is -2.02. The number of benzene rings is 1. The highest BCUT2D eigenvalue weighted by Gasteiger charge is 2.06. The number of rotatable bonds is 4. The summed E-state index contributed by atoms with van der Waals surface area (Å²) in [5.74, 6) is 4.60. The van der Waals surface area contributed by atoms with Crippen molar-refractivity contribution in [1.82, 2.24) is 0 Å². The van der Waals surface area contributed by atoms with E-state index in [1.807, 2.05) is 0 Å². The van der Waals surface area contributed by atoms with Crippen LogP contribution in [0.25, 0.3) is 0 Å². The van der Waals surface area contributed by atoms with Gasteiger partial charge in [0.25, 0.3) is 0 Å². The van der Waals surface area contributed by atoms with Gasteiger partial charge < -0.3 is 5.11 Å². The molecule has 0 radical (unpaired) electrons. The Hall–Kier alpha value is -1.80. The minimum Gasteiger partial charge on any atom is -0.481 e. The molecule has 0 heterocycles. The van der Waals surface area contributed by atoms with Crippen LogP contribution in [0.1, 0.15) is 24.5 Å². The summed E-state index contributed by atoms with van der Waals surface area (Å²) in [5.41, 5.74) is 0.643. The van der Waals surface area contributed by atoms with Crippen molar-refractivity contribution in [1.29, 1.82) is 0 Å². The number of halogens is 1. The average molecular weight is 280 g/mol. The fraction of sp³-hybridized carbons (Fsp3) is 0.286. The molecule has 5 heteroatoms. The first-order valence-corrected chi connectivity index (χ1v) is 6.60. The van der Waals surface area contributed by atoms with Gasteiger partial charge in [0.1, 0.15) is 5.82 Å². The molecule has 0 unspecified atom stereocenters. The Bertz CT molecular complexity index is 543. The number of carboxylic acid groups (broad SMARTS) is 1. The van der Waals surface area contributed by atoms with Gasteiger partial charge in [-0.05, 0) is 17.7 Å². The fourth-order valence-corrected chi connectivity index (χ4v) is 1.83. The molecule has 0 saturated carbocycles. The lowest BCUT2D eigenvalue weighted by atomic mass is 10.1. The molecule has 0 amide bonds. The van der Waals surface area contributed by atoms with E-state index in [1.54, 1.807) is 6.07 Å². The third kappa shape index (κ3) is 6.07. The summed E-state index contributed by atoms with van der Waals surface area (Å²) in [7, 11) is 0. The van der Waals surface area contributed by atoms with Crippen molar-refractivity contribution in [3.05, 3.63) is 35.1 Å². The van der Waals surface area contributed by atoms with Crippen LogP contribution < -0.4 is 0 Å². The maximum atomic E-state index is 13.5. The van der Waals surface area contributed by atoms with E-state index in [2.05, 4.69) is 11.8 Å². The molecule has 0 saturated heterocycles. The second-order valence-electron chi connectivity index (χ2n) is 3.77. The standard InChI is InChI=1S/C14H13FO3S/c1-10(16)19-7-3-2-4-11-5-6-12(9-14(17)18)13(15)8-11/h5-6,8H,3,7,9H2,1H3,(H,17,18). The minimum atomic E-state index is -1.07. The second-order valence-corrected chi connectivity index (χ2v) is 5.04. The van der Waals surface area contributed by atoms with Gasteiger partial charge >= 0.3 is 5.97 Å². The van der Waals surface area contributed by atoms with Gasteiger partial charge in [-0.3, -0.25) is 9.59 Å². The van der Waals surface area contributed by atoms with Crippen LogP contribution in [0.4, 0.5) is 4.39 Å². The summed E-state index contributed by atoms with van der Waals surface area (Å²) in [6.45, 7) is 1.49. The Morgan fingerprint density at radius 1 is 1.42 bits per heavy atom. The van der Waals surface area contributed by atoms with Crippen molar-refractivity contribution in [2.75, 3.05) is 5.75 Å². The zero-order chi connectivity index (χ0) is 14.3. The van der Waals surface area contributed by atoms with Gasteiger partial charge in [-0.2, -0.15) is 0 Å². The number of aliphatic carboxylic acids is 1. The number of carbonyl (C=O) groups is 2. The van der Waals surface area contributed by atoms with Crippen LogP contribution in [0.5, 0.6) is 0 Å². The number of carboxylic acids is 1. The molecular weight excluding hydrogens is 267 g/mol. The molecule has 1 rings (SSSR count). The van der Waals surface area contributed by atoms with E-state index in [4.69, 9.17) is 5.11 Å². The van der Waals surface area contributed by atoms with Gasteiger partial charge in [-0.15, -0.1) is 0 Å². The van der Waals surface area contributed by atoms with Crippen molar-refractivity contribution in [2.45, 2.75) is 19.8 Å². The molecular formula is C14H13FO3S. The van der Waals surface area contributed by atoms with Gasteiger partial charge in [-0.1, -0.05) is 29.7 Å². The Kier molecular flexibility index (Phi) is 6.10. The molecule has 100 valence electrons. The summed E-state index contributed by atoms with van der Waals surface area (Å²) in [5, 5.41) is 8.63. The maximum absolute atomic E-state index is 13.5. The molecule has 0 atom stereocenters. The van der Waals surface area contributed by atoms with E-state index in [9.17, 15) is 14.0 Å². The van der Waals surface area contributed by atoms with Crippen LogP contribution in [0, 0.1) is 17.7 Å². The van der Waals surface area contributed by atoms with Crippen LogP contribution in [-0.2, 0) is 16.0 Å². The first-order chi connectivity index (χ1) is 8.99. The van der Waals surface area contributed by atoms with Crippen molar-refractivity contribution in [3.8, 4) is 11.8 Å². The van der Waals surface area contributed by atoms with Crippen molar-refractivity contribution >= 4 is 22.8 Å². The molecule has 0 aliphatic heterocycles. The number of carbonyl (C=O) groups excluding carboxylic acids is 1. The Morgan fingerprint density at radius 2 is 2.16 bits per heavy atom. The lowest BCUT2D eigenvalue weighted by molar-refractivity contribution is -0.136. The molecule has 1 N–H and O–H groups in total. The number of thioether (sulfide) groups is 1. The molecule has 0 spiro atoms. The van der Waals surface area contributed by atoms with E-state index < -0.39 is 11.8 Å². The highest BCUT2D eigenvalue weighted by molar-refractivity contribution is 8.13. The number of hydrogen-bond donors (Lipinski definition) is 1. The molecule has 0 fully saturated rings. The van der Waals surface area contributed by atoms with Crippen molar-refractivity contribution in [3.63, 3.8) is 0 Å². The topological polar surface area (TPSA) is 54.4 Å². The molecule has 0 bridgehead atoms. The van der Waals surface area contributed by atoms with E-state index >= 15 is 0 Å². The SMILES string of the molecule is CC(=O)SCCC#Cc1ccc(CC(=O)O)c(F)c1. The third-order valence-corrected chi connectivity index (χ3v) is 2.97. The van der Waals surface area contributed by atoms with Crippen LogP contribution >= 0.6 is 11.8 Å². The molecule has 1 aromatic rings.